The van der Waals surface area contributed by atoms with Gasteiger partial charge < -0.3 is 35.1 Å². The largest absolute Gasteiger partial charge is 0.550 e. The lowest BCUT2D eigenvalue weighted by Gasteiger charge is -2.63. The average molecular weight is 620 g/mol. The molecule has 2 saturated carbocycles. The molecule has 0 aromatic rings. The van der Waals surface area contributed by atoms with Gasteiger partial charge in [-0.15, -0.1) is 0 Å². The van der Waals surface area contributed by atoms with E-state index in [9.17, 15) is 35.1 Å². The lowest BCUT2D eigenvalue weighted by molar-refractivity contribution is -0.309. The number of hydrogen-bond donors (Lipinski definition) is 4. The molecule has 0 radical (unpaired) electrons. The number of aliphatic hydroxyl groups excluding tert-OH is 2. The van der Waals surface area contributed by atoms with Crippen LogP contribution in [0.3, 0.4) is 0 Å². The minimum absolute atomic E-state index is 0.0400. The standard InChI is InChI=1S/C36H60O8/c1-21(10-13-27(37)32(4,5)42)22-14-16-36(9)24-11-12-26-31(2,3)30(41)25(44-29(40)20-33(6,43)19-28(38)39)18-34(26,7)23(24)15-17-35(22,36)8/h21-22,25-27,30,37,41-43H,10-20H2,1-9H3,(H,38,39)/p-1/t21-,22-,25-,26+,27-,30+,33?,34-,35-,36+/m1/s1. The van der Waals surface area contributed by atoms with Crippen molar-refractivity contribution in [3.05, 3.63) is 11.1 Å². The number of hydrogen-bond acceptors (Lipinski definition) is 8. The van der Waals surface area contributed by atoms with Crippen LogP contribution >= 0.6 is 0 Å². The highest BCUT2D eigenvalue weighted by atomic mass is 16.6. The molecule has 2 fully saturated rings. The van der Waals surface area contributed by atoms with Crippen LogP contribution in [0.4, 0.5) is 0 Å². The summed E-state index contributed by atoms with van der Waals surface area (Å²) in [6.07, 6.45) is 4.68. The van der Waals surface area contributed by atoms with Crippen molar-refractivity contribution in [1.29, 1.82) is 0 Å². The van der Waals surface area contributed by atoms with Crippen LogP contribution in [0.25, 0.3) is 0 Å². The van der Waals surface area contributed by atoms with Gasteiger partial charge in [0.1, 0.15) is 6.10 Å². The van der Waals surface area contributed by atoms with Crippen LogP contribution in [0.2, 0.25) is 0 Å². The summed E-state index contributed by atoms with van der Waals surface area (Å²) in [6.45, 7) is 18.3. The SMILES string of the molecule is C[C@H](CC[C@@H](O)C(C)(C)O)[C@H]1CC[C@@]2(C)C3=C(CC[C@]12C)[C@@]1(C)C[C@@H](OC(=O)CC(C)(O)CC(=O)[O-])[C@H](O)C(C)(C)[C@@H]1CC3. The molecule has 44 heavy (non-hydrogen) atoms. The summed E-state index contributed by atoms with van der Waals surface area (Å²) in [6, 6.07) is 0. The molecule has 8 heteroatoms. The lowest BCUT2D eigenvalue weighted by atomic mass is 9.43. The predicted octanol–water partition coefficient (Wildman–Crippen LogP) is 4.45. The fourth-order valence-corrected chi connectivity index (χ4v) is 10.7. The van der Waals surface area contributed by atoms with Gasteiger partial charge >= 0.3 is 5.97 Å². The summed E-state index contributed by atoms with van der Waals surface area (Å²) >= 11 is 0. The van der Waals surface area contributed by atoms with Crippen molar-refractivity contribution in [2.24, 2.45) is 39.4 Å². The van der Waals surface area contributed by atoms with Gasteiger partial charge in [-0.05, 0) is 118 Å². The Morgan fingerprint density at radius 2 is 1.61 bits per heavy atom. The molecule has 0 aliphatic heterocycles. The smallest absolute Gasteiger partial charge is 0.309 e. The van der Waals surface area contributed by atoms with E-state index in [-0.39, 0.29) is 22.2 Å². The van der Waals surface area contributed by atoms with E-state index < -0.39 is 59.7 Å². The predicted molar refractivity (Wildman–Crippen MR) is 166 cm³/mol. The van der Waals surface area contributed by atoms with Crippen LogP contribution in [0, 0.1) is 39.4 Å². The lowest BCUT2D eigenvalue weighted by Crippen LogP contribution is -2.60. The molecule has 0 aromatic carbocycles. The molecule has 0 spiro atoms. The number of carboxylic acid groups (broad SMARTS) is 1. The molecule has 0 saturated heterocycles. The highest BCUT2D eigenvalue weighted by molar-refractivity contribution is 5.73. The number of rotatable bonds is 10. The van der Waals surface area contributed by atoms with Crippen LogP contribution in [-0.4, -0.2) is 61.9 Å². The van der Waals surface area contributed by atoms with Gasteiger partial charge in [0.25, 0.3) is 0 Å². The Morgan fingerprint density at radius 1 is 0.977 bits per heavy atom. The second kappa shape index (κ2) is 11.6. The molecule has 1 unspecified atom stereocenters. The number of ether oxygens (including phenoxy) is 1. The average Bonchev–Trinajstić information content (AvgIpc) is 3.15. The van der Waals surface area contributed by atoms with Gasteiger partial charge in [-0.3, -0.25) is 4.79 Å². The number of aliphatic hydroxyl groups is 4. The highest BCUT2D eigenvalue weighted by Crippen LogP contribution is 2.72. The molecule has 252 valence electrons. The maximum absolute atomic E-state index is 13.0. The summed E-state index contributed by atoms with van der Waals surface area (Å²) in [4.78, 5) is 24.0. The van der Waals surface area contributed by atoms with Crippen molar-refractivity contribution in [3.8, 4) is 0 Å². The molecule has 4 rings (SSSR count). The Labute approximate surface area is 264 Å². The van der Waals surface area contributed by atoms with E-state index in [4.69, 9.17) is 4.74 Å². The van der Waals surface area contributed by atoms with E-state index in [1.54, 1.807) is 19.4 Å². The van der Waals surface area contributed by atoms with Crippen molar-refractivity contribution in [2.75, 3.05) is 0 Å². The first-order chi connectivity index (χ1) is 20.0. The molecule has 0 amide bonds. The van der Waals surface area contributed by atoms with Crippen molar-refractivity contribution in [1.82, 2.24) is 0 Å². The number of esters is 1. The fraction of sp³-hybridized carbons (Fsp3) is 0.889. The summed E-state index contributed by atoms with van der Waals surface area (Å²) < 4.78 is 5.88. The maximum Gasteiger partial charge on any atom is 0.309 e. The van der Waals surface area contributed by atoms with Crippen LogP contribution in [0.1, 0.15) is 133 Å². The summed E-state index contributed by atoms with van der Waals surface area (Å²) in [5.41, 5.74) is -0.474. The molecule has 8 nitrogen and oxygen atoms in total. The van der Waals surface area contributed by atoms with E-state index in [1.165, 1.54) is 12.5 Å². The van der Waals surface area contributed by atoms with Crippen molar-refractivity contribution >= 4 is 11.9 Å². The molecule has 4 aliphatic carbocycles. The molecule has 4 N–H and O–H groups in total. The minimum atomic E-state index is -1.79. The Kier molecular flexibility index (Phi) is 9.36. The third-order valence-corrected chi connectivity index (χ3v) is 13.5. The van der Waals surface area contributed by atoms with Crippen LogP contribution in [-0.2, 0) is 14.3 Å². The zero-order valence-corrected chi connectivity index (χ0v) is 28.7. The molecule has 10 atom stereocenters. The Hall–Kier alpha value is -1.48. The Balaban J connectivity index is 1.60. The van der Waals surface area contributed by atoms with E-state index in [0.717, 1.165) is 44.9 Å². The number of carbonyl (C=O) groups is 2. The van der Waals surface area contributed by atoms with Crippen LogP contribution in [0.15, 0.2) is 11.1 Å². The van der Waals surface area contributed by atoms with Gasteiger partial charge in [0.15, 0.2) is 0 Å². The van der Waals surface area contributed by atoms with Gasteiger partial charge in [-0.2, -0.15) is 0 Å². The minimum Gasteiger partial charge on any atom is -0.550 e. The first-order valence-electron chi connectivity index (χ1n) is 16.9. The normalized spacial score (nSPS) is 39.4. The summed E-state index contributed by atoms with van der Waals surface area (Å²) in [5, 5.41) is 53.8. The summed E-state index contributed by atoms with van der Waals surface area (Å²) in [5.74, 6) is -0.990. The second-order valence-corrected chi connectivity index (χ2v) is 17.3. The third kappa shape index (κ3) is 6.02. The quantitative estimate of drug-likeness (QED) is 0.207. The van der Waals surface area contributed by atoms with Gasteiger partial charge in [0, 0.05) is 12.4 Å². The van der Waals surface area contributed by atoms with E-state index in [2.05, 4.69) is 41.5 Å². The molecule has 0 aromatic heterocycles. The zero-order valence-electron chi connectivity index (χ0n) is 28.7. The van der Waals surface area contributed by atoms with Gasteiger partial charge in [0.2, 0.25) is 0 Å². The van der Waals surface area contributed by atoms with E-state index >= 15 is 0 Å². The zero-order chi connectivity index (χ0) is 33.3. The molecule has 0 heterocycles. The second-order valence-electron chi connectivity index (χ2n) is 17.3. The van der Waals surface area contributed by atoms with Crippen molar-refractivity contribution in [3.63, 3.8) is 0 Å². The maximum atomic E-state index is 13.0. The molecular weight excluding hydrogens is 560 g/mol. The number of carboxylic acids is 1. The first-order valence-corrected chi connectivity index (χ1v) is 16.9. The van der Waals surface area contributed by atoms with Crippen molar-refractivity contribution in [2.45, 2.75) is 162 Å². The highest BCUT2D eigenvalue weighted by Gasteiger charge is 2.64. The molecule has 4 aliphatic rings. The number of fused-ring (bicyclic) bond motifs is 4. The molecule has 0 bridgehead atoms. The van der Waals surface area contributed by atoms with Crippen molar-refractivity contribution < 1.29 is 39.9 Å². The number of carbonyl (C=O) groups excluding carboxylic acids is 2. The monoisotopic (exact) mass is 619 g/mol. The third-order valence-electron chi connectivity index (χ3n) is 13.5. The first kappa shape index (κ1) is 35.4. The Morgan fingerprint density at radius 3 is 2.20 bits per heavy atom. The fourth-order valence-electron chi connectivity index (χ4n) is 10.7. The number of aliphatic carboxylic acids is 1. The van der Waals surface area contributed by atoms with Crippen LogP contribution in [0.5, 0.6) is 0 Å². The van der Waals surface area contributed by atoms with Crippen LogP contribution < -0.4 is 5.11 Å². The van der Waals surface area contributed by atoms with Gasteiger partial charge in [0.05, 0.1) is 29.8 Å². The van der Waals surface area contributed by atoms with E-state index in [1.807, 2.05) is 0 Å². The van der Waals surface area contributed by atoms with Gasteiger partial charge in [-0.1, -0.05) is 52.7 Å². The summed E-state index contributed by atoms with van der Waals surface area (Å²) in [7, 11) is 0. The topological polar surface area (TPSA) is 147 Å². The molecular formula is C36H59O8-. The Bertz CT molecular complexity index is 1150. The number of allylic oxidation sites excluding steroid dienone is 2. The van der Waals surface area contributed by atoms with E-state index in [0.29, 0.717) is 24.7 Å². The van der Waals surface area contributed by atoms with Gasteiger partial charge in [-0.25, -0.2) is 0 Å².